The number of carbonyl (C=O) groups excluding carboxylic acids is 1. The van der Waals surface area contributed by atoms with Crippen molar-refractivity contribution in [2.24, 2.45) is 17.8 Å². The number of halogens is 1. The Morgan fingerprint density at radius 1 is 1.18 bits per heavy atom. The van der Waals surface area contributed by atoms with Crippen LogP contribution in [0.5, 0.6) is 0 Å². The quantitative estimate of drug-likeness (QED) is 0.348. The minimum atomic E-state index is -0.166. The number of piperidine rings is 1. The number of ether oxygens (including phenoxy) is 1. The van der Waals surface area contributed by atoms with Crippen LogP contribution in [0.4, 0.5) is 4.39 Å². The maximum absolute atomic E-state index is 14.1. The lowest BCUT2D eigenvalue weighted by Gasteiger charge is -2.38. The predicted octanol–water partition coefficient (Wildman–Crippen LogP) is 6.16. The van der Waals surface area contributed by atoms with Gasteiger partial charge >= 0.3 is 0 Å². The van der Waals surface area contributed by atoms with Crippen molar-refractivity contribution >= 4 is 5.91 Å². The Morgan fingerprint density at radius 2 is 2.00 bits per heavy atom. The number of likely N-dealkylation sites (tertiary alicyclic amines) is 1. The van der Waals surface area contributed by atoms with Crippen LogP contribution in [0.15, 0.2) is 24.3 Å². The highest BCUT2D eigenvalue weighted by Gasteiger charge is 2.31. The first-order valence-electron chi connectivity index (χ1n) is 13.8. The van der Waals surface area contributed by atoms with Gasteiger partial charge in [-0.25, -0.2) is 4.39 Å². The molecule has 1 saturated heterocycles. The van der Waals surface area contributed by atoms with Gasteiger partial charge in [-0.1, -0.05) is 50.7 Å². The molecule has 5 heteroatoms. The summed E-state index contributed by atoms with van der Waals surface area (Å²) in [5, 5.41) is 3.34. The van der Waals surface area contributed by atoms with E-state index in [1.165, 1.54) is 44.6 Å². The van der Waals surface area contributed by atoms with Gasteiger partial charge in [-0.3, -0.25) is 4.79 Å². The van der Waals surface area contributed by atoms with E-state index in [1.807, 2.05) is 13.1 Å². The molecule has 4 nitrogen and oxygen atoms in total. The highest BCUT2D eigenvalue weighted by molar-refractivity contribution is 5.76. The molecular formula is C29H47FN2O2. The van der Waals surface area contributed by atoms with Crippen LogP contribution in [0.25, 0.3) is 0 Å². The summed E-state index contributed by atoms with van der Waals surface area (Å²) in [4.78, 5) is 15.5. The molecule has 1 aliphatic carbocycles. The Kier molecular flexibility index (Phi) is 11.8. The Labute approximate surface area is 207 Å². The van der Waals surface area contributed by atoms with E-state index in [4.69, 9.17) is 4.74 Å². The van der Waals surface area contributed by atoms with Gasteiger partial charge in [0.1, 0.15) is 5.82 Å². The summed E-state index contributed by atoms with van der Waals surface area (Å²) >= 11 is 0. The number of amides is 1. The molecule has 3 atom stereocenters. The van der Waals surface area contributed by atoms with Crippen molar-refractivity contribution < 1.29 is 13.9 Å². The Hall–Kier alpha value is -1.46. The van der Waals surface area contributed by atoms with E-state index >= 15 is 0 Å². The predicted molar refractivity (Wildman–Crippen MR) is 137 cm³/mol. The fraction of sp³-hybridized carbons (Fsp3) is 0.759. The van der Waals surface area contributed by atoms with Crippen LogP contribution in [0.3, 0.4) is 0 Å². The average molecular weight is 475 g/mol. The Balaban J connectivity index is 1.62. The van der Waals surface area contributed by atoms with Crippen molar-refractivity contribution in [1.82, 2.24) is 10.2 Å². The van der Waals surface area contributed by atoms with E-state index < -0.39 is 0 Å². The number of nitrogens with one attached hydrogen (secondary N) is 1. The largest absolute Gasteiger partial charge is 0.385 e. The number of benzene rings is 1. The molecule has 3 rings (SSSR count). The van der Waals surface area contributed by atoms with Gasteiger partial charge in [0.25, 0.3) is 0 Å². The summed E-state index contributed by atoms with van der Waals surface area (Å²) in [6, 6.07) is 7.12. The van der Waals surface area contributed by atoms with E-state index in [1.54, 1.807) is 13.2 Å². The molecular weight excluding hydrogens is 427 g/mol. The maximum Gasteiger partial charge on any atom is 0.222 e. The highest BCUT2D eigenvalue weighted by Crippen LogP contribution is 2.37. The van der Waals surface area contributed by atoms with Crippen molar-refractivity contribution in [3.63, 3.8) is 0 Å². The molecule has 1 aliphatic heterocycles. The zero-order chi connectivity index (χ0) is 24.2. The molecule has 1 heterocycles. The number of nitrogens with zero attached hydrogens (tertiary/aromatic N) is 1. The molecule has 34 heavy (non-hydrogen) atoms. The molecule has 1 saturated carbocycles. The minimum Gasteiger partial charge on any atom is -0.385 e. The summed E-state index contributed by atoms with van der Waals surface area (Å²) in [6.45, 7) is 3.36. The molecule has 0 radical (unpaired) electrons. The van der Waals surface area contributed by atoms with Gasteiger partial charge < -0.3 is 15.0 Å². The summed E-state index contributed by atoms with van der Waals surface area (Å²) in [7, 11) is 3.74. The first-order chi connectivity index (χ1) is 16.6. The topological polar surface area (TPSA) is 41.6 Å². The Morgan fingerprint density at radius 3 is 2.74 bits per heavy atom. The van der Waals surface area contributed by atoms with Crippen molar-refractivity contribution in [3.05, 3.63) is 35.6 Å². The van der Waals surface area contributed by atoms with Crippen LogP contribution in [-0.4, -0.2) is 51.2 Å². The van der Waals surface area contributed by atoms with Gasteiger partial charge in [0.05, 0.1) is 0 Å². The molecule has 1 amide bonds. The van der Waals surface area contributed by atoms with E-state index in [2.05, 4.69) is 16.3 Å². The van der Waals surface area contributed by atoms with Crippen LogP contribution in [0.1, 0.15) is 88.5 Å². The maximum atomic E-state index is 14.1. The molecule has 0 spiro atoms. The molecule has 2 aliphatic rings. The van der Waals surface area contributed by atoms with Crippen molar-refractivity contribution in [3.8, 4) is 0 Å². The van der Waals surface area contributed by atoms with Gasteiger partial charge in [-0.2, -0.15) is 0 Å². The standard InChI is InChI=1S/C29H47FN2O2/c1-31-21-24(18-23-10-4-3-5-11-23)19-29(33)32-16-9-13-26(22-32)28(15-6-7-17-34-2)25-12-8-14-27(30)20-25/h8,12,14,20,23-24,26,28,31H,3-7,9-11,13,15-19,21-22H2,1-2H3/t24-,26-,28+/m1/s1. The second-order valence-corrected chi connectivity index (χ2v) is 10.8. The summed E-state index contributed by atoms with van der Waals surface area (Å²) in [5.41, 5.74) is 1.09. The molecule has 2 fully saturated rings. The van der Waals surface area contributed by atoms with Crippen LogP contribution in [-0.2, 0) is 9.53 Å². The van der Waals surface area contributed by atoms with Crippen molar-refractivity contribution in [2.45, 2.75) is 83.0 Å². The lowest BCUT2D eigenvalue weighted by molar-refractivity contribution is -0.134. The molecule has 192 valence electrons. The number of hydrogen-bond acceptors (Lipinski definition) is 3. The molecule has 0 bridgehead atoms. The molecule has 1 N–H and O–H groups in total. The third-order valence-corrected chi connectivity index (χ3v) is 8.12. The van der Waals surface area contributed by atoms with Gasteiger partial charge in [-0.05, 0) is 87.1 Å². The lowest BCUT2D eigenvalue weighted by Crippen LogP contribution is -2.43. The third-order valence-electron chi connectivity index (χ3n) is 8.12. The number of hydrogen-bond donors (Lipinski definition) is 1. The van der Waals surface area contributed by atoms with Crippen LogP contribution < -0.4 is 5.32 Å². The average Bonchev–Trinajstić information content (AvgIpc) is 2.85. The van der Waals surface area contributed by atoms with Gasteiger partial charge in [0.2, 0.25) is 5.91 Å². The number of unbranched alkanes of at least 4 members (excludes halogenated alkanes) is 1. The molecule has 1 aromatic carbocycles. The van der Waals surface area contributed by atoms with E-state index in [0.717, 1.165) is 69.8 Å². The monoisotopic (exact) mass is 474 g/mol. The highest BCUT2D eigenvalue weighted by atomic mass is 19.1. The number of carbonyl (C=O) groups is 1. The second-order valence-electron chi connectivity index (χ2n) is 10.8. The molecule has 0 aromatic heterocycles. The Bertz CT molecular complexity index is 722. The van der Waals surface area contributed by atoms with E-state index in [-0.39, 0.29) is 5.82 Å². The first-order valence-corrected chi connectivity index (χ1v) is 13.8. The third kappa shape index (κ3) is 8.64. The lowest BCUT2D eigenvalue weighted by atomic mass is 9.78. The SMILES string of the molecule is CNC[C@@H](CC(=O)N1CCC[C@@H]([C@@H](CCCCOC)c2cccc(F)c2)C1)CC1CCCCC1. The fourth-order valence-electron chi connectivity index (χ4n) is 6.39. The molecule has 0 unspecified atom stereocenters. The number of rotatable bonds is 13. The van der Waals surface area contributed by atoms with E-state index in [0.29, 0.717) is 30.1 Å². The first kappa shape index (κ1) is 27.1. The van der Waals surface area contributed by atoms with Crippen LogP contribution in [0.2, 0.25) is 0 Å². The zero-order valence-corrected chi connectivity index (χ0v) is 21.6. The zero-order valence-electron chi connectivity index (χ0n) is 21.6. The summed E-state index contributed by atoms with van der Waals surface area (Å²) in [5.74, 6) is 2.05. The normalized spacial score (nSPS) is 21.4. The second kappa shape index (κ2) is 14.8. The van der Waals surface area contributed by atoms with E-state index in [9.17, 15) is 9.18 Å². The van der Waals surface area contributed by atoms with Gasteiger partial charge in [0.15, 0.2) is 0 Å². The van der Waals surface area contributed by atoms with Gasteiger partial charge in [-0.15, -0.1) is 0 Å². The van der Waals surface area contributed by atoms with Crippen molar-refractivity contribution in [1.29, 1.82) is 0 Å². The minimum absolute atomic E-state index is 0.166. The van der Waals surface area contributed by atoms with Gasteiger partial charge in [0, 0.05) is 33.2 Å². The van der Waals surface area contributed by atoms with Crippen LogP contribution in [0, 0.1) is 23.6 Å². The summed E-state index contributed by atoms with van der Waals surface area (Å²) < 4.78 is 19.3. The smallest absolute Gasteiger partial charge is 0.222 e. The fourth-order valence-corrected chi connectivity index (χ4v) is 6.39. The molecule has 1 aromatic rings. The number of methoxy groups -OCH3 is 1. The van der Waals surface area contributed by atoms with Crippen LogP contribution >= 0.6 is 0 Å². The summed E-state index contributed by atoms with van der Waals surface area (Å²) in [6.07, 6.45) is 13.8. The van der Waals surface area contributed by atoms with Crippen molar-refractivity contribution in [2.75, 3.05) is 40.4 Å².